The van der Waals surface area contributed by atoms with Crippen molar-refractivity contribution in [3.8, 4) is 0 Å². The predicted octanol–water partition coefficient (Wildman–Crippen LogP) is 8.43. The van der Waals surface area contributed by atoms with Crippen molar-refractivity contribution < 1.29 is 0 Å². The van der Waals surface area contributed by atoms with Gasteiger partial charge in [-0.05, 0) is 89.6 Å². The van der Waals surface area contributed by atoms with Gasteiger partial charge in [-0.15, -0.1) is 0 Å². The standard InChI is InChI=1S/C29H35N/c1-21(2)19-28(29(3,4)5)23-14-16-26(17-15-23)30(25-9-7-6-8-10-25)27-18-13-22-11-12-24(22)20-27/h6-10,13-18,20-21,28H,11-12,19H2,1-5H3. The number of hydrogen-bond donors (Lipinski definition) is 0. The lowest BCUT2D eigenvalue weighted by Crippen LogP contribution is -2.20. The highest BCUT2D eigenvalue weighted by molar-refractivity contribution is 5.77. The second-order valence-electron chi connectivity index (χ2n) is 10.3. The first-order valence-corrected chi connectivity index (χ1v) is 11.4. The van der Waals surface area contributed by atoms with Crippen LogP contribution in [0.4, 0.5) is 17.1 Å². The zero-order valence-electron chi connectivity index (χ0n) is 19.2. The smallest absolute Gasteiger partial charge is 0.0464 e. The molecule has 0 heterocycles. The Morgan fingerprint density at radius 3 is 1.87 bits per heavy atom. The van der Waals surface area contributed by atoms with Gasteiger partial charge in [-0.3, -0.25) is 0 Å². The van der Waals surface area contributed by atoms with Gasteiger partial charge < -0.3 is 4.90 Å². The third kappa shape index (κ3) is 4.31. The monoisotopic (exact) mass is 397 g/mol. The van der Waals surface area contributed by atoms with Crippen LogP contribution in [0.25, 0.3) is 0 Å². The molecule has 1 aliphatic rings. The summed E-state index contributed by atoms with van der Waals surface area (Å²) in [5, 5.41) is 0. The maximum Gasteiger partial charge on any atom is 0.0464 e. The molecule has 0 aromatic heterocycles. The fourth-order valence-electron chi connectivity index (χ4n) is 4.66. The zero-order chi connectivity index (χ0) is 21.3. The molecule has 0 spiro atoms. The summed E-state index contributed by atoms with van der Waals surface area (Å²) in [4.78, 5) is 2.39. The molecule has 0 aliphatic heterocycles. The minimum atomic E-state index is 0.257. The third-order valence-corrected chi connectivity index (χ3v) is 6.43. The number of hydrogen-bond acceptors (Lipinski definition) is 1. The quantitative estimate of drug-likeness (QED) is 0.403. The Kier molecular flexibility index (Phi) is 5.73. The van der Waals surface area contributed by atoms with E-state index in [0.29, 0.717) is 11.8 Å². The maximum atomic E-state index is 2.39. The van der Waals surface area contributed by atoms with Gasteiger partial charge in [0.15, 0.2) is 0 Å². The van der Waals surface area contributed by atoms with Gasteiger partial charge in [0.1, 0.15) is 0 Å². The van der Waals surface area contributed by atoms with Crippen molar-refractivity contribution in [3.63, 3.8) is 0 Å². The normalized spacial score (nSPS) is 14.2. The van der Waals surface area contributed by atoms with E-state index in [4.69, 9.17) is 0 Å². The first-order valence-electron chi connectivity index (χ1n) is 11.4. The summed E-state index contributed by atoms with van der Waals surface area (Å²) in [6, 6.07) is 27.0. The van der Waals surface area contributed by atoms with Gasteiger partial charge in [-0.1, -0.05) is 71.0 Å². The fourth-order valence-corrected chi connectivity index (χ4v) is 4.66. The number of nitrogens with zero attached hydrogens (tertiary/aromatic N) is 1. The summed E-state index contributed by atoms with van der Waals surface area (Å²) in [7, 11) is 0. The van der Waals surface area contributed by atoms with E-state index in [2.05, 4.69) is 112 Å². The van der Waals surface area contributed by atoms with E-state index in [0.717, 1.165) is 0 Å². The fraction of sp³-hybridized carbons (Fsp3) is 0.379. The van der Waals surface area contributed by atoms with Crippen molar-refractivity contribution in [2.45, 2.75) is 59.8 Å². The lowest BCUT2D eigenvalue weighted by atomic mass is 9.72. The Bertz CT molecular complexity index is 977. The Labute approximate surface area is 182 Å². The van der Waals surface area contributed by atoms with Gasteiger partial charge in [0.05, 0.1) is 0 Å². The minimum Gasteiger partial charge on any atom is -0.310 e. The van der Waals surface area contributed by atoms with Crippen LogP contribution in [-0.4, -0.2) is 0 Å². The molecule has 0 amide bonds. The van der Waals surface area contributed by atoms with E-state index in [-0.39, 0.29) is 5.41 Å². The van der Waals surface area contributed by atoms with E-state index in [1.54, 1.807) is 0 Å². The van der Waals surface area contributed by atoms with Crippen LogP contribution in [0.2, 0.25) is 0 Å². The van der Waals surface area contributed by atoms with Crippen LogP contribution in [0.15, 0.2) is 72.8 Å². The molecule has 0 radical (unpaired) electrons. The molecule has 3 aromatic rings. The van der Waals surface area contributed by atoms with E-state index in [1.165, 1.54) is 53.0 Å². The van der Waals surface area contributed by atoms with Crippen molar-refractivity contribution in [2.75, 3.05) is 4.90 Å². The molecule has 1 nitrogen and oxygen atoms in total. The Balaban J connectivity index is 1.72. The topological polar surface area (TPSA) is 3.24 Å². The molecule has 1 aliphatic carbocycles. The minimum absolute atomic E-state index is 0.257. The molecule has 30 heavy (non-hydrogen) atoms. The van der Waals surface area contributed by atoms with Crippen molar-refractivity contribution >= 4 is 17.1 Å². The van der Waals surface area contributed by atoms with Crippen LogP contribution >= 0.6 is 0 Å². The summed E-state index contributed by atoms with van der Waals surface area (Å²) < 4.78 is 0. The molecule has 3 aromatic carbocycles. The lowest BCUT2D eigenvalue weighted by molar-refractivity contribution is 0.280. The largest absolute Gasteiger partial charge is 0.310 e. The van der Waals surface area contributed by atoms with E-state index < -0.39 is 0 Å². The Hall–Kier alpha value is -2.54. The molecular weight excluding hydrogens is 362 g/mol. The first kappa shape index (κ1) is 20.7. The van der Waals surface area contributed by atoms with Crippen LogP contribution < -0.4 is 4.90 Å². The lowest BCUT2D eigenvalue weighted by Gasteiger charge is -2.33. The van der Waals surface area contributed by atoms with Gasteiger partial charge >= 0.3 is 0 Å². The molecular formula is C29H35N. The number of rotatable bonds is 6. The molecule has 4 rings (SSSR count). The number of fused-ring (bicyclic) bond motifs is 1. The van der Waals surface area contributed by atoms with Crippen LogP contribution in [0.3, 0.4) is 0 Å². The van der Waals surface area contributed by atoms with Crippen LogP contribution in [-0.2, 0) is 12.8 Å². The molecule has 0 bridgehead atoms. The Morgan fingerprint density at radius 1 is 0.733 bits per heavy atom. The number of anilines is 3. The molecule has 156 valence electrons. The summed E-state index contributed by atoms with van der Waals surface area (Å²) in [6.45, 7) is 11.8. The van der Waals surface area contributed by atoms with E-state index >= 15 is 0 Å². The highest BCUT2D eigenvalue weighted by atomic mass is 15.1. The van der Waals surface area contributed by atoms with Crippen molar-refractivity contribution in [1.29, 1.82) is 0 Å². The van der Waals surface area contributed by atoms with Gasteiger partial charge in [0, 0.05) is 17.1 Å². The van der Waals surface area contributed by atoms with Gasteiger partial charge in [-0.2, -0.15) is 0 Å². The maximum absolute atomic E-state index is 2.39. The van der Waals surface area contributed by atoms with E-state index in [9.17, 15) is 0 Å². The Morgan fingerprint density at radius 2 is 1.33 bits per heavy atom. The van der Waals surface area contributed by atoms with Crippen LogP contribution in [0.1, 0.15) is 63.6 Å². The molecule has 0 saturated heterocycles. The van der Waals surface area contributed by atoms with Crippen LogP contribution in [0.5, 0.6) is 0 Å². The molecule has 1 atom stereocenters. The molecule has 0 saturated carbocycles. The predicted molar refractivity (Wildman–Crippen MR) is 130 cm³/mol. The van der Waals surface area contributed by atoms with Gasteiger partial charge in [0.25, 0.3) is 0 Å². The van der Waals surface area contributed by atoms with Crippen LogP contribution in [0, 0.1) is 11.3 Å². The zero-order valence-corrected chi connectivity index (χ0v) is 19.2. The number of para-hydroxylation sites is 1. The third-order valence-electron chi connectivity index (χ3n) is 6.43. The second-order valence-corrected chi connectivity index (χ2v) is 10.3. The summed E-state index contributed by atoms with van der Waals surface area (Å²) in [5.74, 6) is 1.26. The molecule has 1 unspecified atom stereocenters. The number of benzene rings is 3. The van der Waals surface area contributed by atoms with Gasteiger partial charge in [0.2, 0.25) is 0 Å². The first-order chi connectivity index (χ1) is 14.3. The SMILES string of the molecule is CC(C)CC(c1ccc(N(c2ccccc2)c2ccc3c(c2)CC3)cc1)C(C)(C)C. The summed E-state index contributed by atoms with van der Waals surface area (Å²) in [5.41, 5.74) is 8.39. The molecule has 0 fully saturated rings. The summed E-state index contributed by atoms with van der Waals surface area (Å²) >= 11 is 0. The van der Waals surface area contributed by atoms with Crippen molar-refractivity contribution in [2.24, 2.45) is 11.3 Å². The van der Waals surface area contributed by atoms with Gasteiger partial charge in [-0.25, -0.2) is 0 Å². The number of aryl methyl sites for hydroxylation is 2. The molecule has 1 heteroatoms. The average Bonchev–Trinajstić information content (AvgIpc) is 2.69. The average molecular weight is 398 g/mol. The van der Waals surface area contributed by atoms with E-state index in [1.807, 2.05) is 0 Å². The van der Waals surface area contributed by atoms with Crippen molar-refractivity contribution in [3.05, 3.63) is 89.5 Å². The highest BCUT2D eigenvalue weighted by Crippen LogP contribution is 2.42. The van der Waals surface area contributed by atoms with Crippen molar-refractivity contribution in [1.82, 2.24) is 0 Å². The second kappa shape index (κ2) is 8.30. The molecule has 0 N–H and O–H groups in total. The highest BCUT2D eigenvalue weighted by Gasteiger charge is 2.27. The summed E-state index contributed by atoms with van der Waals surface area (Å²) in [6.07, 6.45) is 3.64.